The zero-order chi connectivity index (χ0) is 12.9. The Labute approximate surface area is 114 Å². The molecule has 0 spiro atoms. The molecule has 0 saturated carbocycles. The fourth-order valence-electron chi connectivity index (χ4n) is 2.37. The van der Waals surface area contributed by atoms with Gasteiger partial charge in [-0.3, -0.25) is 4.99 Å². The first kappa shape index (κ1) is 12.1. The van der Waals surface area contributed by atoms with E-state index in [0.717, 1.165) is 26.1 Å². The fraction of sp³-hybridized carbons (Fsp3) is 0.235. The van der Waals surface area contributed by atoms with Crippen molar-refractivity contribution in [1.82, 2.24) is 5.32 Å². The lowest BCUT2D eigenvalue weighted by molar-refractivity contribution is 0.687. The summed E-state index contributed by atoms with van der Waals surface area (Å²) in [5.41, 5.74) is 5.36. The number of hydrogen-bond acceptors (Lipinski definition) is 2. The number of hydrogen-bond donors (Lipinski definition) is 1. The molecule has 2 aromatic carbocycles. The van der Waals surface area contributed by atoms with Crippen molar-refractivity contribution in [2.45, 2.75) is 19.5 Å². The van der Waals surface area contributed by atoms with E-state index in [9.17, 15) is 0 Å². The molecule has 96 valence electrons. The molecule has 1 heterocycles. The Hall–Kier alpha value is -1.93. The van der Waals surface area contributed by atoms with Crippen molar-refractivity contribution in [3.8, 4) is 0 Å². The smallest absolute Gasteiger partial charge is 0.0646 e. The molecule has 2 heteroatoms. The summed E-state index contributed by atoms with van der Waals surface area (Å²) < 4.78 is 0. The van der Waals surface area contributed by atoms with Crippen LogP contribution in [0.4, 0.5) is 0 Å². The zero-order valence-electron chi connectivity index (χ0n) is 11.0. The molecule has 0 unspecified atom stereocenters. The Morgan fingerprint density at radius 2 is 1.89 bits per heavy atom. The minimum Gasteiger partial charge on any atom is -0.312 e. The van der Waals surface area contributed by atoms with Crippen molar-refractivity contribution in [1.29, 1.82) is 0 Å². The summed E-state index contributed by atoms with van der Waals surface area (Å²) in [4.78, 5) is 4.29. The fourth-order valence-corrected chi connectivity index (χ4v) is 2.37. The largest absolute Gasteiger partial charge is 0.312 e. The SMILES string of the molecule is C1=NCc2ccc(CCNCc3ccccc3)cc21. The van der Waals surface area contributed by atoms with E-state index in [0.29, 0.717) is 0 Å². The molecule has 3 rings (SSSR count). The average molecular weight is 250 g/mol. The van der Waals surface area contributed by atoms with Crippen molar-refractivity contribution in [3.05, 3.63) is 70.8 Å². The van der Waals surface area contributed by atoms with Crippen molar-refractivity contribution in [2.24, 2.45) is 4.99 Å². The van der Waals surface area contributed by atoms with Gasteiger partial charge in [-0.15, -0.1) is 0 Å². The van der Waals surface area contributed by atoms with E-state index in [1.165, 1.54) is 22.3 Å². The highest BCUT2D eigenvalue weighted by Gasteiger charge is 2.06. The lowest BCUT2D eigenvalue weighted by atomic mass is 10.0. The number of rotatable bonds is 5. The van der Waals surface area contributed by atoms with E-state index < -0.39 is 0 Å². The molecule has 2 aromatic rings. The molecule has 0 radical (unpaired) electrons. The van der Waals surface area contributed by atoms with E-state index in [2.05, 4.69) is 58.8 Å². The molecule has 0 saturated heterocycles. The second-order valence-electron chi connectivity index (χ2n) is 4.92. The van der Waals surface area contributed by atoms with E-state index in [1.54, 1.807) is 0 Å². The van der Waals surface area contributed by atoms with Crippen LogP contribution >= 0.6 is 0 Å². The van der Waals surface area contributed by atoms with Gasteiger partial charge < -0.3 is 5.32 Å². The molecular formula is C17H18N2. The second kappa shape index (κ2) is 5.81. The van der Waals surface area contributed by atoms with Gasteiger partial charge in [0.1, 0.15) is 0 Å². The molecule has 0 bridgehead atoms. The van der Waals surface area contributed by atoms with Crippen LogP contribution in [0.5, 0.6) is 0 Å². The van der Waals surface area contributed by atoms with Crippen molar-refractivity contribution < 1.29 is 0 Å². The predicted molar refractivity (Wildman–Crippen MR) is 79.6 cm³/mol. The Bertz CT molecular complexity index is 573. The summed E-state index contributed by atoms with van der Waals surface area (Å²) in [5.74, 6) is 0. The maximum atomic E-state index is 4.29. The number of aliphatic imine (C=N–C) groups is 1. The lowest BCUT2D eigenvalue weighted by Gasteiger charge is -2.06. The summed E-state index contributed by atoms with van der Waals surface area (Å²) in [6.07, 6.45) is 3.05. The third-order valence-corrected chi connectivity index (χ3v) is 3.46. The molecule has 2 nitrogen and oxygen atoms in total. The summed E-state index contributed by atoms with van der Waals surface area (Å²) in [5, 5.41) is 3.48. The Balaban J connectivity index is 1.49. The van der Waals surface area contributed by atoms with Crippen LogP contribution in [0.3, 0.4) is 0 Å². The highest BCUT2D eigenvalue weighted by Crippen LogP contribution is 2.16. The summed E-state index contributed by atoms with van der Waals surface area (Å²) in [6, 6.07) is 17.2. The third-order valence-electron chi connectivity index (χ3n) is 3.46. The monoisotopic (exact) mass is 250 g/mol. The van der Waals surface area contributed by atoms with E-state index in [4.69, 9.17) is 0 Å². The van der Waals surface area contributed by atoms with Crippen molar-refractivity contribution in [2.75, 3.05) is 6.54 Å². The summed E-state index contributed by atoms with van der Waals surface area (Å²) in [6.45, 7) is 2.79. The standard InChI is InChI=1S/C17H18N2/c1-2-4-15(5-3-1)11-18-9-8-14-6-7-16-12-19-13-17(16)10-14/h1-7,10,13,18H,8-9,11-12H2. The van der Waals surface area contributed by atoms with E-state index in [-0.39, 0.29) is 0 Å². The van der Waals surface area contributed by atoms with Gasteiger partial charge in [0.25, 0.3) is 0 Å². The Morgan fingerprint density at radius 1 is 1.00 bits per heavy atom. The molecule has 1 aliphatic rings. The minimum absolute atomic E-state index is 0.849. The first-order chi connectivity index (χ1) is 9.42. The molecule has 0 aromatic heterocycles. The highest BCUT2D eigenvalue weighted by atomic mass is 14.8. The van der Waals surface area contributed by atoms with Crippen LogP contribution in [0.1, 0.15) is 22.3 Å². The molecule has 0 amide bonds. The minimum atomic E-state index is 0.849. The molecule has 0 atom stereocenters. The number of nitrogens with zero attached hydrogens (tertiary/aromatic N) is 1. The van der Waals surface area contributed by atoms with Gasteiger partial charge in [-0.05, 0) is 41.3 Å². The van der Waals surface area contributed by atoms with Crippen LogP contribution in [0, 0.1) is 0 Å². The van der Waals surface area contributed by atoms with Crippen LogP contribution in [-0.2, 0) is 19.5 Å². The van der Waals surface area contributed by atoms with Gasteiger partial charge >= 0.3 is 0 Å². The van der Waals surface area contributed by atoms with Gasteiger partial charge in [0, 0.05) is 12.8 Å². The quantitative estimate of drug-likeness (QED) is 0.811. The normalized spacial score (nSPS) is 12.6. The summed E-state index contributed by atoms with van der Waals surface area (Å²) >= 11 is 0. The van der Waals surface area contributed by atoms with Crippen LogP contribution in [-0.4, -0.2) is 12.8 Å². The maximum absolute atomic E-state index is 4.29. The summed E-state index contributed by atoms with van der Waals surface area (Å²) in [7, 11) is 0. The van der Waals surface area contributed by atoms with Crippen LogP contribution in [0.15, 0.2) is 53.5 Å². The highest BCUT2D eigenvalue weighted by molar-refractivity contribution is 5.84. The van der Waals surface area contributed by atoms with Crippen LogP contribution in [0.25, 0.3) is 0 Å². The number of benzene rings is 2. The average Bonchev–Trinajstić information content (AvgIpc) is 2.92. The van der Waals surface area contributed by atoms with Gasteiger partial charge in [0.15, 0.2) is 0 Å². The maximum Gasteiger partial charge on any atom is 0.0646 e. The molecule has 0 fully saturated rings. The van der Waals surface area contributed by atoms with Gasteiger partial charge in [-0.1, -0.05) is 42.5 Å². The predicted octanol–water partition coefficient (Wildman–Crippen LogP) is 2.95. The van der Waals surface area contributed by atoms with Crippen LogP contribution in [0.2, 0.25) is 0 Å². The van der Waals surface area contributed by atoms with Crippen molar-refractivity contribution in [3.63, 3.8) is 0 Å². The zero-order valence-corrected chi connectivity index (χ0v) is 11.0. The van der Waals surface area contributed by atoms with Crippen molar-refractivity contribution >= 4 is 6.21 Å². The number of nitrogens with one attached hydrogen (secondary N) is 1. The van der Waals surface area contributed by atoms with E-state index in [1.807, 2.05) is 6.21 Å². The first-order valence-electron chi connectivity index (χ1n) is 6.78. The first-order valence-corrected chi connectivity index (χ1v) is 6.78. The molecule has 1 aliphatic heterocycles. The van der Waals surface area contributed by atoms with Gasteiger partial charge in [-0.25, -0.2) is 0 Å². The molecule has 1 N–H and O–H groups in total. The van der Waals surface area contributed by atoms with Gasteiger partial charge in [-0.2, -0.15) is 0 Å². The lowest BCUT2D eigenvalue weighted by Crippen LogP contribution is -2.16. The molecule has 0 aliphatic carbocycles. The molecule has 19 heavy (non-hydrogen) atoms. The topological polar surface area (TPSA) is 24.4 Å². The Morgan fingerprint density at radius 3 is 2.79 bits per heavy atom. The van der Waals surface area contributed by atoms with Crippen LogP contribution < -0.4 is 5.32 Å². The van der Waals surface area contributed by atoms with E-state index >= 15 is 0 Å². The molecular weight excluding hydrogens is 232 g/mol. The van der Waals surface area contributed by atoms with Gasteiger partial charge in [0.05, 0.1) is 6.54 Å². The Kier molecular flexibility index (Phi) is 3.70. The van der Waals surface area contributed by atoms with Gasteiger partial charge in [0.2, 0.25) is 0 Å². The second-order valence-corrected chi connectivity index (χ2v) is 4.92. The third kappa shape index (κ3) is 3.09. The number of fused-ring (bicyclic) bond motifs is 1.